The number of hydrogen-bond donors (Lipinski definition) is 1. The Morgan fingerprint density at radius 3 is 1.76 bits per heavy atom. The molecule has 0 bridgehead atoms. The number of hydrogen-bond acceptors (Lipinski definition) is 7. The van der Waals surface area contributed by atoms with Crippen LogP contribution in [0.1, 0.15) is 42.5 Å². The van der Waals surface area contributed by atoms with Gasteiger partial charge in [0, 0.05) is 20.3 Å². The molecular weight excluding hydrogens is 578 g/mol. The molecule has 0 amide bonds. The molecule has 7 nitrogen and oxygen atoms in total. The predicted molar refractivity (Wildman–Crippen MR) is 177 cm³/mol. The Labute approximate surface area is 272 Å². The van der Waals surface area contributed by atoms with E-state index in [0.717, 1.165) is 22.3 Å². The first-order valence-corrected chi connectivity index (χ1v) is 16.1. The first-order valence-electron chi connectivity index (χ1n) is 16.1. The minimum atomic E-state index is -0.887. The van der Waals surface area contributed by atoms with Gasteiger partial charge in [-0.25, -0.2) is 0 Å². The van der Waals surface area contributed by atoms with Crippen LogP contribution in [0.25, 0.3) is 0 Å². The molecule has 2 saturated heterocycles. The van der Waals surface area contributed by atoms with Crippen LogP contribution >= 0.6 is 0 Å². The van der Waals surface area contributed by atoms with Crippen molar-refractivity contribution in [2.24, 2.45) is 0 Å². The van der Waals surface area contributed by atoms with Gasteiger partial charge in [-0.3, -0.25) is 4.90 Å². The van der Waals surface area contributed by atoms with Crippen molar-refractivity contribution in [2.75, 3.05) is 27.1 Å². The quantitative estimate of drug-likeness (QED) is 0.134. The maximum absolute atomic E-state index is 10.1. The second-order valence-electron chi connectivity index (χ2n) is 12.5. The highest BCUT2D eigenvalue weighted by atomic mass is 16.8. The molecule has 0 unspecified atom stereocenters. The maximum atomic E-state index is 10.1. The molecule has 0 radical (unpaired) electrons. The first kappa shape index (κ1) is 32.5. The van der Waals surface area contributed by atoms with Gasteiger partial charge in [0.1, 0.15) is 24.6 Å². The minimum absolute atomic E-state index is 0.0218. The summed E-state index contributed by atoms with van der Waals surface area (Å²) in [6, 6.07) is 41.3. The fraction of sp³-hybridized carbons (Fsp3) is 0.385. The monoisotopic (exact) mass is 623 g/mol. The fourth-order valence-corrected chi connectivity index (χ4v) is 7.22. The number of ether oxygens (including phenoxy) is 5. The molecule has 0 aromatic heterocycles. The summed E-state index contributed by atoms with van der Waals surface area (Å²) in [7, 11) is 1.61. The van der Waals surface area contributed by atoms with Gasteiger partial charge in [-0.05, 0) is 42.5 Å². The number of aliphatic hydroxyl groups excluding tert-OH is 1. The molecule has 4 aromatic carbocycles. The van der Waals surface area contributed by atoms with Crippen LogP contribution < -0.4 is 0 Å². The zero-order valence-corrected chi connectivity index (χ0v) is 26.9. The van der Waals surface area contributed by atoms with Gasteiger partial charge in [0.2, 0.25) is 0 Å². The average molecular weight is 624 g/mol. The van der Waals surface area contributed by atoms with E-state index in [4.69, 9.17) is 23.7 Å². The summed E-state index contributed by atoms with van der Waals surface area (Å²) >= 11 is 0. The highest BCUT2D eigenvalue weighted by molar-refractivity contribution is 5.47. The van der Waals surface area contributed by atoms with E-state index in [0.29, 0.717) is 19.6 Å². The van der Waals surface area contributed by atoms with Crippen LogP contribution in [0.2, 0.25) is 0 Å². The van der Waals surface area contributed by atoms with E-state index < -0.39 is 11.4 Å². The standard InChI is InChI=1S/C39H45NO6/c1-38(2)45-36-33(40(26-29-16-8-4-9-17-29)35(37(36)46-38)34(24-25-41)43-28-42-3)27-44-39(30-18-10-5-11-19-30,31-20-12-6-13-21-31)32-22-14-7-15-23-32/h4-23,33-37,41H,24-28H2,1-3H3/t33-,34+,35-,36-,37+/m1/s1. The van der Waals surface area contributed by atoms with Crippen LogP contribution in [-0.4, -0.2) is 73.3 Å². The molecule has 2 aliphatic rings. The average Bonchev–Trinajstić information content (AvgIpc) is 3.54. The van der Waals surface area contributed by atoms with Crippen LogP contribution in [-0.2, 0) is 35.8 Å². The van der Waals surface area contributed by atoms with Crippen molar-refractivity contribution in [2.45, 2.75) is 68.6 Å². The normalized spacial score (nSPS) is 23.3. The number of rotatable bonds is 14. The number of fused-ring (bicyclic) bond motifs is 1. The Morgan fingerprint density at radius 2 is 1.26 bits per heavy atom. The number of nitrogens with zero attached hydrogens (tertiary/aromatic N) is 1. The Balaban J connectivity index is 1.45. The molecule has 5 atom stereocenters. The van der Waals surface area contributed by atoms with E-state index in [-0.39, 0.29) is 43.8 Å². The van der Waals surface area contributed by atoms with E-state index in [1.165, 1.54) is 0 Å². The lowest BCUT2D eigenvalue weighted by molar-refractivity contribution is -0.188. The van der Waals surface area contributed by atoms with Gasteiger partial charge in [-0.15, -0.1) is 0 Å². The van der Waals surface area contributed by atoms with Gasteiger partial charge in [-0.1, -0.05) is 121 Å². The number of likely N-dealkylation sites (tertiary alicyclic amines) is 1. The predicted octanol–water partition coefficient (Wildman–Crippen LogP) is 6.14. The van der Waals surface area contributed by atoms with Gasteiger partial charge in [0.25, 0.3) is 0 Å². The fourth-order valence-electron chi connectivity index (χ4n) is 7.22. The molecule has 7 heteroatoms. The lowest BCUT2D eigenvalue weighted by atomic mass is 9.80. The lowest BCUT2D eigenvalue weighted by Crippen LogP contribution is -2.51. The number of methoxy groups -OCH3 is 1. The number of aliphatic hydroxyl groups is 1. The van der Waals surface area contributed by atoms with Crippen molar-refractivity contribution in [3.05, 3.63) is 144 Å². The maximum Gasteiger partial charge on any atom is 0.163 e. The van der Waals surface area contributed by atoms with Gasteiger partial charge in [0.15, 0.2) is 5.79 Å². The van der Waals surface area contributed by atoms with Crippen LogP contribution in [0.3, 0.4) is 0 Å². The molecule has 2 heterocycles. The van der Waals surface area contributed by atoms with Gasteiger partial charge >= 0.3 is 0 Å². The third-order valence-corrected chi connectivity index (χ3v) is 9.10. The Kier molecular flexibility index (Phi) is 10.3. The molecule has 242 valence electrons. The van der Waals surface area contributed by atoms with Crippen LogP contribution in [0.5, 0.6) is 0 Å². The minimum Gasteiger partial charge on any atom is -0.396 e. The first-order chi connectivity index (χ1) is 22.5. The zero-order chi connectivity index (χ0) is 32.0. The molecule has 2 aliphatic heterocycles. The Morgan fingerprint density at radius 1 is 0.761 bits per heavy atom. The largest absolute Gasteiger partial charge is 0.396 e. The molecule has 4 aromatic rings. The van der Waals surface area contributed by atoms with Gasteiger partial charge < -0.3 is 28.8 Å². The molecule has 46 heavy (non-hydrogen) atoms. The summed E-state index contributed by atoms with van der Waals surface area (Å²) in [5.74, 6) is -0.787. The second-order valence-corrected chi connectivity index (χ2v) is 12.5. The Hall–Kier alpha value is -3.40. The van der Waals surface area contributed by atoms with E-state index in [1.54, 1.807) is 7.11 Å². The molecule has 0 saturated carbocycles. The van der Waals surface area contributed by atoms with Crippen LogP contribution in [0.4, 0.5) is 0 Å². The Bertz CT molecular complexity index is 1390. The summed E-state index contributed by atoms with van der Waals surface area (Å²) in [6.45, 7) is 4.99. The van der Waals surface area contributed by atoms with Crippen LogP contribution in [0.15, 0.2) is 121 Å². The van der Waals surface area contributed by atoms with Crippen molar-refractivity contribution in [1.29, 1.82) is 0 Å². The smallest absolute Gasteiger partial charge is 0.163 e. The summed E-state index contributed by atoms with van der Waals surface area (Å²) in [5, 5.41) is 10.1. The SMILES string of the molecule is COCO[C@@H](CCO)[C@@H]1[C@@H]2OC(C)(C)O[C@@H]2[C@@H](COC(c2ccccc2)(c2ccccc2)c2ccccc2)N1Cc1ccccc1. The molecular formula is C39H45NO6. The van der Waals surface area contributed by atoms with Crippen molar-refractivity contribution in [3.63, 3.8) is 0 Å². The van der Waals surface area contributed by atoms with E-state index in [2.05, 4.69) is 102 Å². The summed E-state index contributed by atoms with van der Waals surface area (Å²) in [4.78, 5) is 2.40. The van der Waals surface area contributed by atoms with Gasteiger partial charge in [-0.2, -0.15) is 0 Å². The topological polar surface area (TPSA) is 69.6 Å². The highest BCUT2D eigenvalue weighted by Crippen LogP contribution is 2.46. The van der Waals surface area contributed by atoms with E-state index >= 15 is 0 Å². The van der Waals surface area contributed by atoms with E-state index in [1.807, 2.05) is 38.1 Å². The third kappa shape index (κ3) is 6.68. The molecule has 6 rings (SSSR count). The zero-order valence-electron chi connectivity index (χ0n) is 26.9. The van der Waals surface area contributed by atoms with Crippen molar-refractivity contribution in [3.8, 4) is 0 Å². The molecule has 1 N–H and O–H groups in total. The van der Waals surface area contributed by atoms with Crippen molar-refractivity contribution < 1.29 is 28.8 Å². The number of benzene rings is 4. The molecule has 0 spiro atoms. The third-order valence-electron chi connectivity index (χ3n) is 9.10. The van der Waals surface area contributed by atoms with Gasteiger partial charge in [0.05, 0.1) is 24.8 Å². The van der Waals surface area contributed by atoms with Crippen molar-refractivity contribution >= 4 is 0 Å². The molecule has 2 fully saturated rings. The lowest BCUT2D eigenvalue weighted by Gasteiger charge is -2.40. The second kappa shape index (κ2) is 14.6. The summed E-state index contributed by atoms with van der Waals surface area (Å²) in [6.07, 6.45) is -0.524. The van der Waals surface area contributed by atoms with Crippen molar-refractivity contribution in [1.82, 2.24) is 4.90 Å². The summed E-state index contributed by atoms with van der Waals surface area (Å²) in [5.41, 5.74) is 3.39. The van der Waals surface area contributed by atoms with E-state index in [9.17, 15) is 5.11 Å². The van der Waals surface area contributed by atoms with Crippen LogP contribution in [0, 0.1) is 0 Å². The summed E-state index contributed by atoms with van der Waals surface area (Å²) < 4.78 is 32.3. The molecule has 0 aliphatic carbocycles. The highest BCUT2D eigenvalue weighted by Gasteiger charge is 2.60.